The topological polar surface area (TPSA) is 62.1 Å². The number of fused-ring (bicyclic) bond motifs is 1. The van der Waals surface area contributed by atoms with E-state index in [0.29, 0.717) is 6.79 Å². The summed E-state index contributed by atoms with van der Waals surface area (Å²) < 4.78 is 13.0. The molecule has 1 fully saturated rings. The molecule has 8 heteroatoms. The third-order valence-corrected chi connectivity index (χ3v) is 7.94. The van der Waals surface area contributed by atoms with Gasteiger partial charge >= 0.3 is 0 Å². The number of thiazole rings is 1. The maximum atomic E-state index is 5.48. The summed E-state index contributed by atoms with van der Waals surface area (Å²) in [5, 5.41) is 12.9. The van der Waals surface area contributed by atoms with Crippen molar-refractivity contribution in [3.63, 3.8) is 0 Å². The van der Waals surface area contributed by atoms with E-state index in [1.807, 2.05) is 18.2 Å². The minimum Gasteiger partial charge on any atom is -0.454 e. The van der Waals surface area contributed by atoms with Gasteiger partial charge in [-0.25, -0.2) is 4.98 Å². The SMILES string of the molecule is Cn1c(CCC2CCCCC2)nnc1SCc1csc(-c2ccc3c(c2)OCO3)n1. The van der Waals surface area contributed by atoms with Crippen molar-refractivity contribution in [2.75, 3.05) is 6.79 Å². The highest BCUT2D eigenvalue weighted by atomic mass is 32.2. The third-order valence-electron chi connectivity index (χ3n) is 5.95. The van der Waals surface area contributed by atoms with E-state index < -0.39 is 0 Å². The maximum absolute atomic E-state index is 5.48. The van der Waals surface area contributed by atoms with Crippen molar-refractivity contribution in [1.82, 2.24) is 19.7 Å². The van der Waals surface area contributed by atoms with E-state index in [0.717, 1.165) is 56.8 Å². The van der Waals surface area contributed by atoms with E-state index in [1.165, 1.54) is 38.5 Å². The molecule has 0 bridgehead atoms. The van der Waals surface area contributed by atoms with Crippen LogP contribution in [0, 0.1) is 5.92 Å². The number of nitrogens with zero attached hydrogens (tertiary/aromatic N) is 4. The number of ether oxygens (including phenoxy) is 2. The van der Waals surface area contributed by atoms with Crippen molar-refractivity contribution < 1.29 is 9.47 Å². The second-order valence-corrected chi connectivity index (χ2v) is 9.80. The van der Waals surface area contributed by atoms with Gasteiger partial charge in [0.15, 0.2) is 16.7 Å². The average Bonchev–Trinajstić information content (AvgIpc) is 3.51. The second-order valence-electron chi connectivity index (χ2n) is 8.00. The normalized spacial score (nSPS) is 16.3. The summed E-state index contributed by atoms with van der Waals surface area (Å²) in [6, 6.07) is 5.98. The van der Waals surface area contributed by atoms with Crippen molar-refractivity contribution in [2.45, 2.75) is 55.9 Å². The van der Waals surface area contributed by atoms with Crippen LogP contribution in [-0.4, -0.2) is 26.5 Å². The predicted octanol–water partition coefficient (Wildman–Crippen LogP) is 5.47. The highest BCUT2D eigenvalue weighted by molar-refractivity contribution is 7.98. The number of thioether (sulfide) groups is 1. The van der Waals surface area contributed by atoms with Gasteiger partial charge in [-0.2, -0.15) is 0 Å². The Kier molecular flexibility index (Phi) is 5.95. The molecule has 0 unspecified atom stereocenters. The Balaban J connectivity index is 1.18. The van der Waals surface area contributed by atoms with E-state index >= 15 is 0 Å². The van der Waals surface area contributed by atoms with Gasteiger partial charge in [-0.05, 0) is 30.5 Å². The monoisotopic (exact) mass is 442 g/mol. The standard InChI is InChI=1S/C22H26N4O2S2/c1-26-20(10-7-15-5-3-2-4-6-15)24-25-22(26)30-13-17-12-29-21(23-17)16-8-9-18-19(11-16)28-14-27-18/h8-9,11-12,15H,2-7,10,13-14H2,1H3. The fraction of sp³-hybridized carbons (Fsp3) is 0.500. The summed E-state index contributed by atoms with van der Waals surface area (Å²) in [6.07, 6.45) is 9.23. The summed E-state index contributed by atoms with van der Waals surface area (Å²) in [4.78, 5) is 4.80. The molecule has 3 aromatic rings. The maximum Gasteiger partial charge on any atom is 0.231 e. The molecule has 158 valence electrons. The smallest absolute Gasteiger partial charge is 0.231 e. The van der Waals surface area contributed by atoms with Crippen molar-refractivity contribution in [1.29, 1.82) is 0 Å². The van der Waals surface area contributed by atoms with Crippen LogP contribution in [0.3, 0.4) is 0 Å². The summed E-state index contributed by atoms with van der Waals surface area (Å²) in [6.45, 7) is 0.291. The molecule has 1 aromatic carbocycles. The van der Waals surface area contributed by atoms with Gasteiger partial charge in [0, 0.05) is 30.2 Å². The number of hydrogen-bond donors (Lipinski definition) is 0. The molecule has 1 aliphatic heterocycles. The van der Waals surface area contributed by atoms with Crippen molar-refractivity contribution in [3.8, 4) is 22.1 Å². The van der Waals surface area contributed by atoms with Gasteiger partial charge in [-0.1, -0.05) is 43.9 Å². The summed E-state index contributed by atoms with van der Waals surface area (Å²) in [5.74, 6) is 4.35. The van der Waals surface area contributed by atoms with E-state index in [4.69, 9.17) is 14.5 Å². The Morgan fingerprint density at radius 1 is 1.13 bits per heavy atom. The quantitative estimate of drug-likeness (QED) is 0.452. The van der Waals surface area contributed by atoms with Gasteiger partial charge in [0.05, 0.1) is 5.69 Å². The zero-order valence-electron chi connectivity index (χ0n) is 17.2. The number of hydrogen-bond acceptors (Lipinski definition) is 7. The minimum absolute atomic E-state index is 0.291. The van der Waals surface area contributed by atoms with Crippen LogP contribution in [0.2, 0.25) is 0 Å². The van der Waals surface area contributed by atoms with Crippen LogP contribution < -0.4 is 9.47 Å². The first-order valence-corrected chi connectivity index (χ1v) is 12.5. The van der Waals surface area contributed by atoms with Crippen molar-refractivity contribution in [2.24, 2.45) is 13.0 Å². The molecule has 0 N–H and O–H groups in total. The molecule has 0 saturated heterocycles. The summed E-state index contributed by atoms with van der Waals surface area (Å²) in [5.41, 5.74) is 2.12. The molecular weight excluding hydrogens is 416 g/mol. The Bertz CT molecular complexity index is 1010. The van der Waals surface area contributed by atoms with Gasteiger partial charge < -0.3 is 14.0 Å². The summed E-state index contributed by atoms with van der Waals surface area (Å²) >= 11 is 3.35. The number of rotatable bonds is 7. The predicted molar refractivity (Wildman–Crippen MR) is 119 cm³/mol. The fourth-order valence-corrected chi connectivity index (χ4v) is 5.92. The van der Waals surface area contributed by atoms with Crippen LogP contribution >= 0.6 is 23.1 Å². The molecule has 0 atom stereocenters. The highest BCUT2D eigenvalue weighted by Crippen LogP contribution is 2.37. The molecule has 1 aliphatic carbocycles. The fourth-order valence-electron chi connectivity index (χ4n) is 4.17. The van der Waals surface area contributed by atoms with Crippen LogP contribution in [0.5, 0.6) is 11.5 Å². The van der Waals surface area contributed by atoms with E-state index in [9.17, 15) is 0 Å². The highest BCUT2D eigenvalue weighted by Gasteiger charge is 2.17. The lowest BCUT2D eigenvalue weighted by atomic mass is 9.86. The van der Waals surface area contributed by atoms with E-state index in [-0.39, 0.29) is 0 Å². The lowest BCUT2D eigenvalue weighted by Crippen LogP contribution is -2.09. The molecule has 1 saturated carbocycles. The van der Waals surface area contributed by atoms with Crippen LogP contribution in [0.15, 0.2) is 28.7 Å². The number of benzene rings is 1. The Morgan fingerprint density at radius 3 is 2.90 bits per heavy atom. The lowest BCUT2D eigenvalue weighted by molar-refractivity contribution is 0.174. The Morgan fingerprint density at radius 2 is 2.00 bits per heavy atom. The first kappa shape index (κ1) is 19.9. The van der Waals surface area contributed by atoms with Crippen LogP contribution in [0.1, 0.15) is 50.0 Å². The second kappa shape index (κ2) is 8.98. The molecule has 30 heavy (non-hydrogen) atoms. The molecule has 6 nitrogen and oxygen atoms in total. The molecule has 2 aliphatic rings. The molecule has 0 radical (unpaired) electrons. The first-order valence-electron chi connectivity index (χ1n) is 10.6. The third kappa shape index (κ3) is 4.34. The minimum atomic E-state index is 0.291. The lowest BCUT2D eigenvalue weighted by Gasteiger charge is -2.20. The zero-order valence-corrected chi connectivity index (χ0v) is 18.8. The van der Waals surface area contributed by atoms with Crippen LogP contribution in [0.4, 0.5) is 0 Å². The van der Waals surface area contributed by atoms with Crippen molar-refractivity contribution >= 4 is 23.1 Å². The van der Waals surface area contributed by atoms with Gasteiger partial charge in [0.2, 0.25) is 6.79 Å². The summed E-state index contributed by atoms with van der Waals surface area (Å²) in [7, 11) is 2.08. The van der Waals surface area contributed by atoms with Gasteiger partial charge in [-0.15, -0.1) is 21.5 Å². The number of aryl methyl sites for hydroxylation is 1. The Labute approximate surface area is 185 Å². The molecular formula is C22H26N4O2S2. The molecule has 3 heterocycles. The van der Waals surface area contributed by atoms with Gasteiger partial charge in [0.1, 0.15) is 10.8 Å². The number of aromatic nitrogens is 4. The molecule has 5 rings (SSSR count). The van der Waals surface area contributed by atoms with E-state index in [1.54, 1.807) is 23.1 Å². The molecule has 2 aromatic heterocycles. The largest absolute Gasteiger partial charge is 0.454 e. The molecule has 0 spiro atoms. The van der Waals surface area contributed by atoms with Crippen molar-refractivity contribution in [3.05, 3.63) is 35.1 Å². The Hall–Kier alpha value is -2.06. The zero-order chi connectivity index (χ0) is 20.3. The van der Waals surface area contributed by atoms with Gasteiger partial charge in [-0.3, -0.25) is 0 Å². The molecule has 0 amide bonds. The van der Waals surface area contributed by atoms with Crippen LogP contribution in [0.25, 0.3) is 10.6 Å². The van der Waals surface area contributed by atoms with Crippen LogP contribution in [-0.2, 0) is 19.2 Å². The van der Waals surface area contributed by atoms with E-state index in [2.05, 4.69) is 27.2 Å². The van der Waals surface area contributed by atoms with Gasteiger partial charge in [0.25, 0.3) is 0 Å². The average molecular weight is 443 g/mol. The first-order chi connectivity index (χ1) is 14.8.